The maximum absolute atomic E-state index is 12.7. The number of H-pyrrole nitrogens is 1. The van der Waals surface area contributed by atoms with E-state index in [1.165, 1.54) is 0 Å². The lowest BCUT2D eigenvalue weighted by Crippen LogP contribution is -2.34. The van der Waals surface area contributed by atoms with Crippen molar-refractivity contribution in [1.29, 1.82) is 0 Å². The van der Waals surface area contributed by atoms with E-state index in [1.54, 1.807) is 18.2 Å². The number of carbonyl (C=O) groups excluding carboxylic acids is 1. The van der Waals surface area contributed by atoms with E-state index in [2.05, 4.69) is 20.6 Å². The highest BCUT2D eigenvalue weighted by Crippen LogP contribution is 2.30. The Labute approximate surface area is 194 Å². The number of anilines is 1. The van der Waals surface area contributed by atoms with Crippen LogP contribution in [0.25, 0.3) is 33.2 Å². The van der Waals surface area contributed by atoms with Gasteiger partial charge in [0.1, 0.15) is 5.82 Å². The van der Waals surface area contributed by atoms with Gasteiger partial charge in [-0.25, -0.2) is 4.98 Å². The number of imidazole rings is 1. The molecule has 0 aliphatic carbocycles. The maximum atomic E-state index is 12.7. The summed E-state index contributed by atoms with van der Waals surface area (Å²) in [6.45, 7) is 0. The summed E-state index contributed by atoms with van der Waals surface area (Å²) < 4.78 is 0. The van der Waals surface area contributed by atoms with E-state index in [0.717, 1.165) is 27.4 Å². The molecular weight excluding hydrogens is 440 g/mol. The van der Waals surface area contributed by atoms with Crippen LogP contribution in [0.4, 0.5) is 5.69 Å². The second kappa shape index (κ2) is 8.42. The van der Waals surface area contributed by atoms with Gasteiger partial charge >= 0.3 is 0 Å². The summed E-state index contributed by atoms with van der Waals surface area (Å²) in [7, 11) is 0. The number of nitrogens with one attached hydrogen (secondary N) is 3. The van der Waals surface area contributed by atoms with Crippen LogP contribution in [0.15, 0.2) is 84.9 Å². The fraction of sp³-hybridized carbons (Fsp3) is 0. The maximum Gasteiger partial charge on any atom is 0.257 e. The highest BCUT2D eigenvalue weighted by molar-refractivity contribution is 7.80. The molecule has 5 nitrogen and oxygen atoms in total. The van der Waals surface area contributed by atoms with Crippen LogP contribution in [0.5, 0.6) is 0 Å². The second-order valence-electron chi connectivity index (χ2n) is 7.27. The van der Waals surface area contributed by atoms with Gasteiger partial charge in [-0.1, -0.05) is 54.1 Å². The Morgan fingerprint density at radius 2 is 1.69 bits per heavy atom. The van der Waals surface area contributed by atoms with Crippen molar-refractivity contribution in [3.05, 3.63) is 95.5 Å². The van der Waals surface area contributed by atoms with Crippen LogP contribution < -0.4 is 10.6 Å². The quantitative estimate of drug-likeness (QED) is 0.284. The molecule has 32 heavy (non-hydrogen) atoms. The largest absolute Gasteiger partial charge is 0.338 e. The Balaban J connectivity index is 1.33. The number of rotatable bonds is 3. The molecule has 0 saturated heterocycles. The van der Waals surface area contributed by atoms with Crippen molar-refractivity contribution in [1.82, 2.24) is 15.3 Å². The number of para-hydroxylation sites is 2. The third-order valence-electron chi connectivity index (χ3n) is 5.11. The van der Waals surface area contributed by atoms with Gasteiger partial charge in [0.05, 0.1) is 16.1 Å². The van der Waals surface area contributed by atoms with Crippen molar-refractivity contribution in [2.75, 3.05) is 5.32 Å². The predicted molar refractivity (Wildman–Crippen MR) is 134 cm³/mol. The van der Waals surface area contributed by atoms with Crippen LogP contribution in [0, 0.1) is 0 Å². The molecule has 0 unspecified atom stereocenters. The number of carbonyl (C=O) groups is 1. The first-order valence-electron chi connectivity index (χ1n) is 9.93. The SMILES string of the molecule is O=C(NC(=S)Nc1ccc(Cl)c(-c2nc3ccccc3[nH]2)c1)c1ccc2ccccc2c1. The molecule has 0 radical (unpaired) electrons. The Kier molecular flexibility index (Phi) is 5.31. The van der Waals surface area contributed by atoms with Crippen LogP contribution in [0.3, 0.4) is 0 Å². The minimum atomic E-state index is -0.278. The first-order valence-corrected chi connectivity index (χ1v) is 10.7. The molecule has 3 N–H and O–H groups in total. The van der Waals surface area contributed by atoms with E-state index in [-0.39, 0.29) is 11.0 Å². The van der Waals surface area contributed by atoms with E-state index in [0.29, 0.717) is 22.1 Å². The van der Waals surface area contributed by atoms with Gasteiger partial charge in [0.2, 0.25) is 0 Å². The monoisotopic (exact) mass is 456 g/mol. The highest BCUT2D eigenvalue weighted by Gasteiger charge is 2.12. The van der Waals surface area contributed by atoms with Crippen LogP contribution in [0.1, 0.15) is 10.4 Å². The lowest BCUT2D eigenvalue weighted by Gasteiger charge is -2.11. The Bertz CT molecular complexity index is 1460. The molecule has 1 heterocycles. The molecule has 0 bridgehead atoms. The number of thiocarbonyl (C=S) groups is 1. The summed E-state index contributed by atoms with van der Waals surface area (Å²) in [4.78, 5) is 20.5. The van der Waals surface area contributed by atoms with Gasteiger partial charge in [-0.05, 0) is 65.5 Å². The van der Waals surface area contributed by atoms with Gasteiger partial charge in [-0.15, -0.1) is 0 Å². The third kappa shape index (κ3) is 4.06. The predicted octanol–water partition coefficient (Wildman–Crippen LogP) is 6.16. The molecule has 0 fully saturated rings. The van der Waals surface area contributed by atoms with Crippen molar-refractivity contribution < 1.29 is 4.79 Å². The van der Waals surface area contributed by atoms with Crippen LogP contribution in [0.2, 0.25) is 5.02 Å². The summed E-state index contributed by atoms with van der Waals surface area (Å²) >= 11 is 11.8. The zero-order valence-electron chi connectivity index (χ0n) is 16.7. The number of halogens is 1. The normalized spacial score (nSPS) is 10.9. The molecule has 5 rings (SSSR count). The van der Waals surface area contributed by atoms with Crippen molar-refractivity contribution in [2.45, 2.75) is 0 Å². The summed E-state index contributed by atoms with van der Waals surface area (Å²) in [6, 6.07) is 26.6. The topological polar surface area (TPSA) is 69.8 Å². The molecule has 156 valence electrons. The first kappa shape index (κ1) is 20.2. The average Bonchev–Trinajstić information content (AvgIpc) is 3.24. The fourth-order valence-corrected chi connectivity index (χ4v) is 3.95. The van der Waals surface area contributed by atoms with Crippen molar-refractivity contribution in [2.24, 2.45) is 0 Å². The summed E-state index contributed by atoms with van der Waals surface area (Å²) in [5.41, 5.74) is 3.74. The van der Waals surface area contributed by atoms with Crippen LogP contribution >= 0.6 is 23.8 Å². The standard InChI is InChI=1S/C25H17ClN4OS/c26-20-12-11-18(14-19(20)23-28-21-7-3-4-8-22(21)29-23)27-25(32)30-24(31)17-10-9-15-5-1-2-6-16(15)13-17/h1-14H,(H,28,29)(H2,27,30,31,32). The van der Waals surface area contributed by atoms with Crippen molar-refractivity contribution in [3.8, 4) is 11.4 Å². The first-order chi connectivity index (χ1) is 15.6. The zero-order valence-corrected chi connectivity index (χ0v) is 18.3. The number of aromatic amines is 1. The molecule has 0 aliphatic rings. The van der Waals surface area contributed by atoms with Gasteiger partial charge in [0.25, 0.3) is 5.91 Å². The Morgan fingerprint density at radius 1 is 0.906 bits per heavy atom. The molecule has 4 aromatic carbocycles. The summed E-state index contributed by atoms with van der Waals surface area (Å²) in [5, 5.41) is 8.60. The summed E-state index contributed by atoms with van der Waals surface area (Å²) in [6.07, 6.45) is 0. The minimum Gasteiger partial charge on any atom is -0.338 e. The highest BCUT2D eigenvalue weighted by atomic mass is 35.5. The number of hydrogen-bond donors (Lipinski definition) is 3. The number of benzene rings is 4. The number of aromatic nitrogens is 2. The van der Waals surface area contributed by atoms with Crippen molar-refractivity contribution >= 4 is 62.3 Å². The molecular formula is C25H17ClN4OS. The molecule has 0 atom stereocenters. The molecule has 0 spiro atoms. The van der Waals surface area contributed by atoms with Crippen LogP contribution in [-0.2, 0) is 0 Å². The van der Waals surface area contributed by atoms with E-state index in [4.69, 9.17) is 23.8 Å². The van der Waals surface area contributed by atoms with Gasteiger partial charge < -0.3 is 10.3 Å². The molecule has 1 aromatic heterocycles. The molecule has 0 aliphatic heterocycles. The lowest BCUT2D eigenvalue weighted by molar-refractivity contribution is 0.0978. The molecule has 5 aromatic rings. The van der Waals surface area contributed by atoms with Gasteiger partial charge in [0, 0.05) is 16.8 Å². The van der Waals surface area contributed by atoms with Crippen LogP contribution in [-0.4, -0.2) is 21.0 Å². The fourth-order valence-electron chi connectivity index (χ4n) is 3.53. The average molecular weight is 457 g/mol. The van der Waals surface area contributed by atoms with E-state index in [1.807, 2.05) is 66.7 Å². The molecule has 1 amide bonds. The molecule has 0 saturated carbocycles. The van der Waals surface area contributed by atoms with Gasteiger partial charge in [-0.3, -0.25) is 10.1 Å². The minimum absolute atomic E-state index is 0.195. The number of amides is 1. The second-order valence-corrected chi connectivity index (χ2v) is 8.08. The Hall–Kier alpha value is -3.74. The zero-order chi connectivity index (χ0) is 22.1. The smallest absolute Gasteiger partial charge is 0.257 e. The van der Waals surface area contributed by atoms with E-state index < -0.39 is 0 Å². The summed E-state index contributed by atoms with van der Waals surface area (Å²) in [5.74, 6) is 0.380. The van der Waals surface area contributed by atoms with Gasteiger partial charge in [0.15, 0.2) is 5.11 Å². The number of fused-ring (bicyclic) bond motifs is 2. The van der Waals surface area contributed by atoms with E-state index >= 15 is 0 Å². The number of hydrogen-bond acceptors (Lipinski definition) is 3. The molecule has 7 heteroatoms. The third-order valence-corrected chi connectivity index (χ3v) is 5.64. The van der Waals surface area contributed by atoms with E-state index in [9.17, 15) is 4.79 Å². The van der Waals surface area contributed by atoms with Gasteiger partial charge in [-0.2, -0.15) is 0 Å². The Morgan fingerprint density at radius 3 is 2.53 bits per heavy atom. The van der Waals surface area contributed by atoms with Crippen molar-refractivity contribution in [3.63, 3.8) is 0 Å². The lowest BCUT2D eigenvalue weighted by atomic mass is 10.1. The number of nitrogens with zero attached hydrogens (tertiary/aromatic N) is 1.